The number of aromatic carboxylic acids is 1. The first kappa shape index (κ1) is 39.4. The third-order valence-corrected chi connectivity index (χ3v) is 12.0. The molecule has 57 heavy (non-hydrogen) atoms. The minimum atomic E-state index is -1.61. The molecule has 3 aliphatic heterocycles. The van der Waals surface area contributed by atoms with Gasteiger partial charge in [-0.2, -0.15) is 5.10 Å². The molecule has 6 heterocycles. The molecule has 2 fully saturated rings. The number of aromatic nitrogens is 3. The number of carboxylic acids is 2. The molecule has 1 aromatic carbocycles. The number of hydrogen-bond donors (Lipinski definition) is 4. The van der Waals surface area contributed by atoms with Crippen molar-refractivity contribution in [2.24, 2.45) is 10.3 Å². The van der Waals surface area contributed by atoms with Gasteiger partial charge in [-0.1, -0.05) is 5.16 Å². The van der Waals surface area contributed by atoms with Crippen LogP contribution in [0.2, 0.25) is 0 Å². The fraction of sp³-hybridized carbons (Fsp3) is 0.294. The van der Waals surface area contributed by atoms with Gasteiger partial charge in [0.25, 0.3) is 5.91 Å². The van der Waals surface area contributed by atoms with Crippen LogP contribution >= 0.6 is 34.9 Å². The number of nitrogens with zero attached hydrogens (tertiary/aromatic N) is 8. The van der Waals surface area contributed by atoms with E-state index in [-0.39, 0.29) is 54.0 Å². The smallest absolute Gasteiger partial charge is 0.352 e. The van der Waals surface area contributed by atoms with Crippen LogP contribution in [0.3, 0.4) is 0 Å². The number of thioether (sulfide) groups is 2. The summed E-state index contributed by atoms with van der Waals surface area (Å²) < 4.78 is 45.0. The molecule has 5 N–H and O–H groups in total. The number of pyridine rings is 2. The predicted octanol–water partition coefficient (Wildman–Crippen LogP) is 2.75. The van der Waals surface area contributed by atoms with Gasteiger partial charge in [0.1, 0.15) is 29.1 Å². The van der Waals surface area contributed by atoms with E-state index in [2.05, 4.69) is 25.5 Å². The van der Waals surface area contributed by atoms with Crippen LogP contribution in [-0.2, 0) is 21.0 Å². The second-order valence-electron chi connectivity index (χ2n) is 12.7. The second-order valence-corrected chi connectivity index (χ2v) is 15.5. The molecule has 2 saturated heterocycles. The number of carboxylic acid groups (broad SMARTS) is 2. The minimum Gasteiger partial charge on any atom is -0.477 e. The van der Waals surface area contributed by atoms with Crippen molar-refractivity contribution in [2.45, 2.75) is 18.0 Å². The lowest BCUT2D eigenvalue weighted by atomic mass is 10.0. The lowest BCUT2D eigenvalue weighted by molar-refractivity contribution is -0.135. The number of benzene rings is 1. The number of carbonyl (C=O) groups excluding carboxylic acids is 1. The summed E-state index contributed by atoms with van der Waals surface area (Å²) in [6.07, 6.45) is 1.89. The number of hydrogen-bond acceptors (Lipinski definition) is 16. The van der Waals surface area contributed by atoms with E-state index in [4.69, 9.17) is 10.6 Å². The number of nitrogens with one attached hydrogen (secondary N) is 1. The molecule has 0 unspecified atom stereocenters. The van der Waals surface area contributed by atoms with Gasteiger partial charge in [-0.3, -0.25) is 19.2 Å². The highest BCUT2D eigenvalue weighted by Crippen LogP contribution is 2.40. The number of hydrazone groups is 1. The number of aliphatic carboxylic acids is 1. The number of anilines is 2. The normalized spacial score (nSPS) is 18.3. The van der Waals surface area contributed by atoms with Gasteiger partial charge < -0.3 is 35.9 Å². The van der Waals surface area contributed by atoms with E-state index in [0.29, 0.717) is 53.6 Å². The van der Waals surface area contributed by atoms with Crippen molar-refractivity contribution in [1.82, 2.24) is 29.8 Å². The van der Waals surface area contributed by atoms with Gasteiger partial charge >= 0.3 is 11.9 Å². The Morgan fingerprint density at radius 2 is 1.88 bits per heavy atom. The Morgan fingerprint density at radius 1 is 1.09 bits per heavy atom. The van der Waals surface area contributed by atoms with Crippen LogP contribution in [0.5, 0.6) is 0 Å². The Labute approximate surface area is 332 Å². The molecule has 4 aromatic rings. The molecule has 0 saturated carbocycles. The van der Waals surface area contributed by atoms with Gasteiger partial charge in [-0.05, 0) is 23.8 Å². The summed E-state index contributed by atoms with van der Waals surface area (Å²) in [5.74, 6) is -5.31. The van der Waals surface area contributed by atoms with Gasteiger partial charge in [0.15, 0.2) is 29.0 Å². The number of oxime groups is 1. The zero-order chi connectivity index (χ0) is 40.4. The van der Waals surface area contributed by atoms with Crippen molar-refractivity contribution in [1.29, 1.82) is 0 Å². The predicted molar refractivity (Wildman–Crippen MR) is 208 cm³/mol. The van der Waals surface area contributed by atoms with Gasteiger partial charge in [-0.25, -0.2) is 32.7 Å². The lowest BCUT2D eigenvalue weighted by Crippen LogP contribution is -2.66. The second kappa shape index (κ2) is 16.7. The Balaban J connectivity index is 0.942. The van der Waals surface area contributed by atoms with E-state index >= 15 is 4.39 Å². The van der Waals surface area contributed by atoms with Crippen molar-refractivity contribution in [3.8, 4) is 5.69 Å². The highest BCUT2D eigenvalue weighted by atomic mass is 32.2. The summed E-state index contributed by atoms with van der Waals surface area (Å²) in [6, 6.07) is 3.19. The maximum atomic E-state index is 15.5. The first-order valence-corrected chi connectivity index (χ1v) is 19.9. The maximum Gasteiger partial charge on any atom is 0.352 e. The quantitative estimate of drug-likeness (QED) is 0.0864. The SMILES string of the molecule is Nc1nc(CON=CC(=O)N[C@@H]2CN3C(C(=O)O)=C(CSC=NN4CCN(c5nc6c(cc5F)c(=O)c(C(=O)O)cn6-c5ccc(F)cc5F)CC4)CS[C@H]23)cs1. The molecule has 7 rings (SSSR count). The van der Waals surface area contributed by atoms with Crippen LogP contribution < -0.4 is 21.4 Å². The van der Waals surface area contributed by atoms with Gasteiger partial charge in [0.05, 0.1) is 46.8 Å². The molecule has 2 atom stereocenters. The van der Waals surface area contributed by atoms with E-state index in [0.717, 1.165) is 35.2 Å². The summed E-state index contributed by atoms with van der Waals surface area (Å²) in [5.41, 5.74) is 6.42. The number of piperazine rings is 1. The van der Waals surface area contributed by atoms with Gasteiger partial charge in [-0.15, -0.1) is 34.9 Å². The molecule has 3 aliphatic rings. The van der Waals surface area contributed by atoms with Crippen molar-refractivity contribution in [3.05, 3.63) is 86.0 Å². The van der Waals surface area contributed by atoms with Crippen LogP contribution in [0.1, 0.15) is 16.1 Å². The van der Waals surface area contributed by atoms with Crippen molar-refractivity contribution in [3.63, 3.8) is 0 Å². The Bertz CT molecular complexity index is 2400. The molecular weight excluding hydrogens is 814 g/mol. The fourth-order valence-electron chi connectivity index (χ4n) is 6.38. The molecule has 298 valence electrons. The number of nitrogens with two attached hydrogens (primary N) is 1. The Hall–Kier alpha value is -5.81. The van der Waals surface area contributed by atoms with Gasteiger partial charge in [0, 0.05) is 48.8 Å². The fourth-order valence-corrected chi connectivity index (χ4v) is 9.14. The van der Waals surface area contributed by atoms with Crippen LogP contribution in [0.25, 0.3) is 16.7 Å². The van der Waals surface area contributed by atoms with Gasteiger partial charge in [0.2, 0.25) is 5.43 Å². The lowest BCUT2D eigenvalue weighted by Gasteiger charge is -2.51. The van der Waals surface area contributed by atoms with Crippen LogP contribution in [0.4, 0.5) is 24.1 Å². The molecule has 0 bridgehead atoms. The number of amides is 1. The summed E-state index contributed by atoms with van der Waals surface area (Å²) in [6.45, 7) is 1.55. The number of carbonyl (C=O) groups is 3. The van der Waals surface area contributed by atoms with E-state index < -0.39 is 51.7 Å². The summed E-state index contributed by atoms with van der Waals surface area (Å²) in [4.78, 5) is 66.2. The standard InChI is InChI=1S/C34H31F3N10O7S3/c35-18-1-2-25(22(36)7-18)46-10-21(32(50)51)28(49)20-8-23(37)30(43-29(20)46)44-3-5-45(6-4-44)39-16-55-13-17-14-56-31-24(11-47(31)27(17)33(52)53)42-26(48)9-40-54-12-19-15-57-34(38)41-19/h1-2,7-10,15-16,24,31H,3-6,11-14H2,(H2,38,41)(H,42,48)(H,50,51)(H,52,53)/t24-,31-/m1/s1. The molecule has 0 aliphatic carbocycles. The zero-order valence-electron chi connectivity index (χ0n) is 29.4. The van der Waals surface area contributed by atoms with Crippen LogP contribution in [-0.4, -0.2) is 120 Å². The van der Waals surface area contributed by atoms with Crippen molar-refractivity contribution in [2.75, 3.05) is 54.9 Å². The summed E-state index contributed by atoms with van der Waals surface area (Å²) in [5, 5.41) is 33.8. The zero-order valence-corrected chi connectivity index (χ0v) is 31.8. The monoisotopic (exact) mass is 844 g/mol. The largest absolute Gasteiger partial charge is 0.477 e. The van der Waals surface area contributed by atoms with Crippen LogP contribution in [0.15, 0.2) is 62.2 Å². The first-order valence-electron chi connectivity index (χ1n) is 17.0. The Morgan fingerprint density at radius 3 is 2.58 bits per heavy atom. The van der Waals surface area contributed by atoms with E-state index in [1.807, 2.05) is 0 Å². The highest BCUT2D eigenvalue weighted by molar-refractivity contribution is 8.12. The topological polar surface area (TPSA) is 221 Å². The number of fused-ring (bicyclic) bond motifs is 2. The number of halogens is 3. The molecule has 0 radical (unpaired) electrons. The molecular formula is C34H31F3N10O7S3. The maximum absolute atomic E-state index is 15.5. The minimum absolute atomic E-state index is 0.0616. The number of nitrogen functional groups attached to an aromatic ring is 1. The first-order chi connectivity index (χ1) is 27.4. The molecule has 17 nitrogen and oxygen atoms in total. The number of rotatable bonds is 13. The van der Waals surface area contributed by atoms with E-state index in [1.165, 1.54) is 34.9 Å². The van der Waals surface area contributed by atoms with E-state index in [1.54, 1.807) is 25.7 Å². The summed E-state index contributed by atoms with van der Waals surface area (Å²) >= 11 is 4.09. The van der Waals surface area contributed by atoms with Crippen LogP contribution in [0, 0.1) is 17.5 Å². The van der Waals surface area contributed by atoms with Crippen molar-refractivity contribution >= 4 is 86.5 Å². The molecule has 3 aromatic heterocycles. The number of thiazole rings is 1. The average molecular weight is 845 g/mol. The third kappa shape index (κ3) is 8.49. The Kier molecular flexibility index (Phi) is 11.6. The van der Waals surface area contributed by atoms with Crippen molar-refractivity contribution < 1.29 is 42.6 Å². The average Bonchev–Trinajstić information content (AvgIpc) is 3.59. The summed E-state index contributed by atoms with van der Waals surface area (Å²) in [7, 11) is 0. The van der Waals surface area contributed by atoms with E-state index in [9.17, 15) is 38.2 Å². The molecule has 0 spiro atoms. The third-order valence-electron chi connectivity index (χ3n) is 9.06. The molecule has 23 heteroatoms. The molecule has 1 amide bonds. The highest BCUT2D eigenvalue weighted by Gasteiger charge is 2.46.